The predicted molar refractivity (Wildman–Crippen MR) is 103 cm³/mol. The van der Waals surface area contributed by atoms with Crippen LogP contribution in [0.15, 0.2) is 53.3 Å². The van der Waals surface area contributed by atoms with E-state index in [1.165, 1.54) is 11.1 Å². The molecule has 27 heavy (non-hydrogen) atoms. The van der Waals surface area contributed by atoms with Gasteiger partial charge in [-0.1, -0.05) is 12.1 Å². The lowest BCUT2D eigenvalue weighted by Gasteiger charge is -2.27. The maximum Gasteiger partial charge on any atom is 0.195 e. The number of rotatable bonds is 4. The first kappa shape index (κ1) is 16.2. The summed E-state index contributed by atoms with van der Waals surface area (Å²) >= 11 is 0. The minimum atomic E-state index is 0.667. The molecule has 5 rings (SSSR count). The van der Waals surface area contributed by atoms with Crippen LogP contribution >= 0.6 is 0 Å². The van der Waals surface area contributed by atoms with Crippen LogP contribution in [0.25, 0.3) is 22.6 Å². The number of aryl methyl sites for hydroxylation is 1. The predicted octanol–water partition coefficient (Wildman–Crippen LogP) is 3.66. The van der Waals surface area contributed by atoms with Crippen molar-refractivity contribution < 1.29 is 4.42 Å². The van der Waals surface area contributed by atoms with Gasteiger partial charge in [-0.05, 0) is 31.2 Å². The first-order chi connectivity index (χ1) is 13.3. The Morgan fingerprint density at radius 1 is 1.11 bits per heavy atom. The van der Waals surface area contributed by atoms with E-state index in [0.29, 0.717) is 5.82 Å². The standard InChI is InChI=1S/C21H21N5O/c1-2-26-18-7-4-3-6-17(18)23-20(26)14-25-10-9-16-15(13-25)12-22-21(24-16)19-8-5-11-27-19/h3-8,11-12H,2,9-10,13-14H2,1H3. The first-order valence-electron chi connectivity index (χ1n) is 9.37. The largest absolute Gasteiger partial charge is 0.461 e. The highest BCUT2D eigenvalue weighted by molar-refractivity contribution is 5.75. The topological polar surface area (TPSA) is 60.0 Å². The van der Waals surface area contributed by atoms with Gasteiger partial charge in [0.15, 0.2) is 11.6 Å². The van der Waals surface area contributed by atoms with Gasteiger partial charge in [-0.3, -0.25) is 4.90 Å². The first-order valence-corrected chi connectivity index (χ1v) is 9.37. The van der Waals surface area contributed by atoms with Gasteiger partial charge in [-0.15, -0.1) is 0 Å². The normalized spacial score (nSPS) is 14.6. The van der Waals surface area contributed by atoms with Gasteiger partial charge < -0.3 is 8.98 Å². The lowest BCUT2D eigenvalue weighted by molar-refractivity contribution is 0.234. The highest BCUT2D eigenvalue weighted by Crippen LogP contribution is 2.23. The molecule has 0 aliphatic carbocycles. The SMILES string of the molecule is CCn1c(CN2CCc3nc(-c4ccco4)ncc3C2)nc2ccccc21. The molecule has 3 aromatic heterocycles. The lowest BCUT2D eigenvalue weighted by Crippen LogP contribution is -2.32. The van der Waals surface area contributed by atoms with Crippen LogP contribution in [-0.2, 0) is 26.1 Å². The number of fused-ring (bicyclic) bond motifs is 2. The third kappa shape index (κ3) is 2.92. The van der Waals surface area contributed by atoms with Crippen LogP contribution in [-0.4, -0.2) is 31.0 Å². The number of aromatic nitrogens is 4. The van der Waals surface area contributed by atoms with E-state index in [4.69, 9.17) is 14.4 Å². The zero-order chi connectivity index (χ0) is 18.2. The summed E-state index contributed by atoms with van der Waals surface area (Å²) < 4.78 is 7.73. The van der Waals surface area contributed by atoms with Crippen molar-refractivity contribution in [1.82, 2.24) is 24.4 Å². The molecule has 4 aromatic rings. The molecule has 1 aromatic carbocycles. The Hall–Kier alpha value is -2.99. The van der Waals surface area contributed by atoms with Gasteiger partial charge in [-0.25, -0.2) is 15.0 Å². The van der Waals surface area contributed by atoms with Gasteiger partial charge in [0.25, 0.3) is 0 Å². The third-order valence-electron chi connectivity index (χ3n) is 5.17. The molecule has 4 heterocycles. The van der Waals surface area contributed by atoms with Crippen molar-refractivity contribution >= 4 is 11.0 Å². The Kier molecular flexibility index (Phi) is 3.98. The summed E-state index contributed by atoms with van der Waals surface area (Å²) in [5, 5.41) is 0. The molecule has 6 nitrogen and oxygen atoms in total. The molecular weight excluding hydrogens is 338 g/mol. The fourth-order valence-electron chi connectivity index (χ4n) is 3.83. The molecule has 1 aliphatic heterocycles. The average Bonchev–Trinajstić information content (AvgIpc) is 3.35. The molecular formula is C21H21N5O. The van der Waals surface area contributed by atoms with Crippen molar-refractivity contribution in [2.24, 2.45) is 0 Å². The minimum Gasteiger partial charge on any atom is -0.461 e. The Bertz CT molecular complexity index is 1080. The number of furan rings is 1. The summed E-state index contributed by atoms with van der Waals surface area (Å²) in [5.74, 6) is 2.51. The van der Waals surface area contributed by atoms with E-state index in [2.05, 4.69) is 39.6 Å². The molecule has 0 bridgehead atoms. The quantitative estimate of drug-likeness (QED) is 0.556. The maximum absolute atomic E-state index is 5.42. The Labute approximate surface area is 157 Å². The van der Waals surface area contributed by atoms with Crippen molar-refractivity contribution in [1.29, 1.82) is 0 Å². The molecule has 0 fully saturated rings. The molecule has 0 N–H and O–H groups in total. The highest BCUT2D eigenvalue weighted by atomic mass is 16.3. The zero-order valence-corrected chi connectivity index (χ0v) is 15.3. The highest BCUT2D eigenvalue weighted by Gasteiger charge is 2.21. The number of imidazole rings is 1. The molecule has 0 saturated heterocycles. The lowest BCUT2D eigenvalue weighted by atomic mass is 10.1. The summed E-state index contributed by atoms with van der Waals surface area (Å²) in [5.41, 5.74) is 4.59. The molecule has 0 spiro atoms. The molecule has 0 saturated carbocycles. The van der Waals surface area contributed by atoms with Gasteiger partial charge in [0.2, 0.25) is 0 Å². The van der Waals surface area contributed by atoms with Crippen molar-refractivity contribution in [3.63, 3.8) is 0 Å². The van der Waals surface area contributed by atoms with Gasteiger partial charge in [0.05, 0.1) is 29.5 Å². The van der Waals surface area contributed by atoms with Crippen molar-refractivity contribution in [2.45, 2.75) is 33.0 Å². The second-order valence-corrected chi connectivity index (χ2v) is 6.86. The number of hydrogen-bond donors (Lipinski definition) is 0. The van der Waals surface area contributed by atoms with Crippen LogP contribution < -0.4 is 0 Å². The Balaban J connectivity index is 1.39. The molecule has 0 radical (unpaired) electrons. The van der Waals surface area contributed by atoms with E-state index < -0.39 is 0 Å². The zero-order valence-electron chi connectivity index (χ0n) is 15.3. The number of nitrogens with zero attached hydrogens (tertiary/aromatic N) is 5. The second kappa shape index (κ2) is 6.63. The summed E-state index contributed by atoms with van der Waals surface area (Å²) in [7, 11) is 0. The van der Waals surface area contributed by atoms with E-state index in [-0.39, 0.29) is 0 Å². The smallest absolute Gasteiger partial charge is 0.195 e. The summed E-state index contributed by atoms with van der Waals surface area (Å²) in [4.78, 5) is 16.5. The summed E-state index contributed by atoms with van der Waals surface area (Å²) in [6.07, 6.45) is 4.51. The number of para-hydroxylation sites is 2. The van der Waals surface area contributed by atoms with Crippen molar-refractivity contribution in [3.8, 4) is 11.6 Å². The second-order valence-electron chi connectivity index (χ2n) is 6.86. The summed E-state index contributed by atoms with van der Waals surface area (Å²) in [6.45, 7) is 5.75. The summed E-state index contributed by atoms with van der Waals surface area (Å²) in [6, 6.07) is 12.1. The Morgan fingerprint density at radius 3 is 2.89 bits per heavy atom. The fourth-order valence-corrected chi connectivity index (χ4v) is 3.83. The average molecular weight is 359 g/mol. The van der Waals surface area contributed by atoms with Crippen molar-refractivity contribution in [2.75, 3.05) is 6.54 Å². The van der Waals surface area contributed by atoms with Gasteiger partial charge in [0, 0.05) is 37.8 Å². The van der Waals surface area contributed by atoms with Crippen LogP contribution in [0.1, 0.15) is 24.0 Å². The third-order valence-corrected chi connectivity index (χ3v) is 5.17. The molecule has 0 atom stereocenters. The molecule has 0 amide bonds. The van der Waals surface area contributed by atoms with E-state index >= 15 is 0 Å². The van der Waals surface area contributed by atoms with Gasteiger partial charge >= 0.3 is 0 Å². The van der Waals surface area contributed by atoms with Crippen molar-refractivity contribution in [3.05, 3.63) is 65.9 Å². The molecule has 1 aliphatic rings. The Morgan fingerprint density at radius 2 is 2.04 bits per heavy atom. The fraction of sp³-hybridized carbons (Fsp3) is 0.286. The minimum absolute atomic E-state index is 0.667. The van der Waals surface area contributed by atoms with E-state index in [1.54, 1.807) is 6.26 Å². The monoisotopic (exact) mass is 359 g/mol. The van der Waals surface area contributed by atoms with Crippen LogP contribution in [0.4, 0.5) is 0 Å². The van der Waals surface area contributed by atoms with Gasteiger partial charge in [-0.2, -0.15) is 0 Å². The van der Waals surface area contributed by atoms with Crippen LogP contribution in [0.5, 0.6) is 0 Å². The number of hydrogen-bond acceptors (Lipinski definition) is 5. The van der Waals surface area contributed by atoms with E-state index in [0.717, 1.165) is 55.4 Å². The molecule has 0 unspecified atom stereocenters. The van der Waals surface area contributed by atoms with E-state index in [1.807, 2.05) is 24.4 Å². The van der Waals surface area contributed by atoms with Crippen LogP contribution in [0, 0.1) is 0 Å². The van der Waals surface area contributed by atoms with Gasteiger partial charge in [0.1, 0.15) is 5.82 Å². The molecule has 6 heteroatoms. The number of benzene rings is 1. The van der Waals surface area contributed by atoms with Crippen LogP contribution in [0.2, 0.25) is 0 Å². The van der Waals surface area contributed by atoms with E-state index in [9.17, 15) is 0 Å². The molecule has 136 valence electrons. The van der Waals surface area contributed by atoms with Crippen LogP contribution in [0.3, 0.4) is 0 Å². The maximum atomic E-state index is 5.42.